The van der Waals surface area contributed by atoms with Gasteiger partial charge in [0.1, 0.15) is 5.82 Å². The van der Waals surface area contributed by atoms with E-state index in [0.29, 0.717) is 0 Å². The zero-order valence-electron chi connectivity index (χ0n) is 8.79. The van der Waals surface area contributed by atoms with Crippen LogP contribution in [0.1, 0.15) is 13.8 Å². The van der Waals surface area contributed by atoms with Crippen molar-refractivity contribution < 1.29 is 9.50 Å². The van der Waals surface area contributed by atoms with Gasteiger partial charge in [0.25, 0.3) is 0 Å². The maximum Gasteiger partial charge on any atom is 0.125 e. The van der Waals surface area contributed by atoms with Gasteiger partial charge in [-0.1, -0.05) is 6.07 Å². The molecule has 14 heavy (non-hydrogen) atoms. The summed E-state index contributed by atoms with van der Waals surface area (Å²) in [5.74, 6) is -0.261. The van der Waals surface area contributed by atoms with Crippen molar-refractivity contribution in [1.29, 1.82) is 0 Å². The van der Waals surface area contributed by atoms with Gasteiger partial charge in [-0.25, -0.2) is 4.39 Å². The molecule has 0 aliphatic rings. The van der Waals surface area contributed by atoms with Crippen molar-refractivity contribution in [3.05, 3.63) is 30.1 Å². The Balaban J connectivity index is 2.94. The first-order valence-corrected chi connectivity index (χ1v) is 4.57. The maximum absolute atomic E-state index is 12.9. The lowest BCUT2D eigenvalue weighted by Crippen LogP contribution is -2.44. The van der Waals surface area contributed by atoms with E-state index in [1.165, 1.54) is 12.1 Å². The van der Waals surface area contributed by atoms with Crippen LogP contribution in [0.25, 0.3) is 0 Å². The number of rotatable bonds is 3. The molecule has 0 heterocycles. The Kier molecular flexibility index (Phi) is 3.11. The fraction of sp³-hybridized carbons (Fsp3) is 0.455. The minimum absolute atomic E-state index is 0.0278. The van der Waals surface area contributed by atoms with Crippen LogP contribution in [-0.2, 0) is 0 Å². The highest BCUT2D eigenvalue weighted by Gasteiger charge is 2.22. The van der Waals surface area contributed by atoms with Crippen molar-refractivity contribution in [3.8, 4) is 0 Å². The fourth-order valence-electron chi connectivity index (χ4n) is 1.14. The van der Waals surface area contributed by atoms with Gasteiger partial charge in [-0.2, -0.15) is 0 Å². The zero-order chi connectivity index (χ0) is 10.8. The Bertz CT molecular complexity index is 312. The first-order chi connectivity index (χ1) is 6.47. The lowest BCUT2D eigenvalue weighted by atomic mass is 10.0. The second-order valence-electron chi connectivity index (χ2n) is 4.01. The average molecular weight is 197 g/mol. The highest BCUT2D eigenvalue weighted by Crippen LogP contribution is 2.22. The lowest BCUT2D eigenvalue weighted by molar-refractivity contribution is 0.216. The molecule has 0 fully saturated rings. The molecular formula is C11H16FNO. The Hall–Kier alpha value is -1.09. The summed E-state index contributed by atoms with van der Waals surface area (Å²) >= 11 is 0. The first kappa shape index (κ1) is 11.0. The van der Waals surface area contributed by atoms with Crippen LogP contribution in [-0.4, -0.2) is 24.3 Å². The maximum atomic E-state index is 12.9. The van der Waals surface area contributed by atoms with E-state index in [1.54, 1.807) is 6.07 Å². The molecule has 0 saturated carbocycles. The molecule has 3 heteroatoms. The van der Waals surface area contributed by atoms with Crippen molar-refractivity contribution in [2.24, 2.45) is 0 Å². The lowest BCUT2D eigenvalue weighted by Gasteiger charge is -2.35. The summed E-state index contributed by atoms with van der Waals surface area (Å²) < 4.78 is 12.9. The van der Waals surface area contributed by atoms with Crippen molar-refractivity contribution in [1.82, 2.24) is 0 Å². The molecule has 1 aromatic rings. The zero-order valence-corrected chi connectivity index (χ0v) is 8.79. The van der Waals surface area contributed by atoms with Gasteiger partial charge in [0, 0.05) is 12.7 Å². The number of hydrogen-bond donors (Lipinski definition) is 1. The molecule has 0 aliphatic carbocycles. The fourth-order valence-corrected chi connectivity index (χ4v) is 1.14. The van der Waals surface area contributed by atoms with E-state index in [2.05, 4.69) is 0 Å². The summed E-state index contributed by atoms with van der Waals surface area (Å²) in [5.41, 5.74) is 0.386. The quantitative estimate of drug-likeness (QED) is 0.801. The second-order valence-corrected chi connectivity index (χ2v) is 4.01. The van der Waals surface area contributed by atoms with E-state index in [0.717, 1.165) is 5.69 Å². The number of anilines is 1. The first-order valence-electron chi connectivity index (χ1n) is 4.57. The summed E-state index contributed by atoms with van der Waals surface area (Å²) in [7, 11) is 1.84. The van der Waals surface area contributed by atoms with Crippen molar-refractivity contribution in [3.63, 3.8) is 0 Å². The Labute approximate surface area is 84.0 Å². The van der Waals surface area contributed by atoms with Crippen molar-refractivity contribution in [2.75, 3.05) is 18.6 Å². The molecule has 0 spiro atoms. The third-order valence-electron chi connectivity index (χ3n) is 2.49. The van der Waals surface area contributed by atoms with Crippen LogP contribution in [0.15, 0.2) is 24.3 Å². The Morgan fingerprint density at radius 1 is 1.43 bits per heavy atom. The summed E-state index contributed by atoms with van der Waals surface area (Å²) in [6, 6.07) is 6.34. The van der Waals surface area contributed by atoms with Crippen LogP contribution in [0.5, 0.6) is 0 Å². The van der Waals surface area contributed by atoms with Gasteiger partial charge in [-0.05, 0) is 32.0 Å². The van der Waals surface area contributed by atoms with Gasteiger partial charge >= 0.3 is 0 Å². The number of likely N-dealkylation sites (N-methyl/N-ethyl adjacent to an activating group) is 1. The van der Waals surface area contributed by atoms with E-state index in [4.69, 9.17) is 5.11 Å². The second kappa shape index (κ2) is 3.96. The minimum Gasteiger partial charge on any atom is -0.394 e. The Morgan fingerprint density at radius 2 is 2.07 bits per heavy atom. The van der Waals surface area contributed by atoms with Gasteiger partial charge in [-0.3, -0.25) is 0 Å². The molecule has 0 aromatic heterocycles. The van der Waals surface area contributed by atoms with Gasteiger partial charge < -0.3 is 10.0 Å². The predicted octanol–water partition coefficient (Wildman–Crippen LogP) is 2.03. The van der Waals surface area contributed by atoms with E-state index in [9.17, 15) is 4.39 Å². The number of nitrogens with zero attached hydrogens (tertiary/aromatic N) is 1. The van der Waals surface area contributed by atoms with E-state index < -0.39 is 0 Å². The third kappa shape index (κ3) is 2.23. The van der Waals surface area contributed by atoms with E-state index >= 15 is 0 Å². The van der Waals surface area contributed by atoms with Gasteiger partial charge in [0.2, 0.25) is 0 Å². The molecule has 0 saturated heterocycles. The molecule has 1 rings (SSSR count). The topological polar surface area (TPSA) is 23.5 Å². The molecule has 2 nitrogen and oxygen atoms in total. The molecule has 0 amide bonds. The summed E-state index contributed by atoms with van der Waals surface area (Å²) in [5, 5.41) is 9.16. The smallest absolute Gasteiger partial charge is 0.125 e. The summed E-state index contributed by atoms with van der Waals surface area (Å²) in [4.78, 5) is 1.86. The summed E-state index contributed by atoms with van der Waals surface area (Å²) in [6.07, 6.45) is 0. The number of aliphatic hydroxyl groups is 1. The monoisotopic (exact) mass is 197 g/mol. The Morgan fingerprint density at radius 3 is 2.57 bits per heavy atom. The predicted molar refractivity (Wildman–Crippen MR) is 56.0 cm³/mol. The highest BCUT2D eigenvalue weighted by atomic mass is 19.1. The SMILES string of the molecule is CN(c1cccc(F)c1)C(C)(C)CO. The van der Waals surface area contributed by atoms with E-state index in [1.807, 2.05) is 31.9 Å². The molecule has 0 aliphatic heterocycles. The van der Waals surface area contributed by atoms with Crippen LogP contribution in [0.3, 0.4) is 0 Å². The molecular weight excluding hydrogens is 181 g/mol. The molecule has 78 valence electrons. The molecule has 0 atom stereocenters. The van der Waals surface area contributed by atoms with Crippen LogP contribution in [0.4, 0.5) is 10.1 Å². The molecule has 1 aromatic carbocycles. The highest BCUT2D eigenvalue weighted by molar-refractivity contribution is 5.48. The van der Waals surface area contributed by atoms with Gasteiger partial charge in [-0.15, -0.1) is 0 Å². The van der Waals surface area contributed by atoms with Crippen LogP contribution >= 0.6 is 0 Å². The van der Waals surface area contributed by atoms with Crippen LogP contribution in [0, 0.1) is 5.82 Å². The number of aliphatic hydroxyl groups excluding tert-OH is 1. The third-order valence-corrected chi connectivity index (χ3v) is 2.49. The summed E-state index contributed by atoms with van der Waals surface area (Å²) in [6.45, 7) is 3.83. The number of benzene rings is 1. The molecule has 1 N–H and O–H groups in total. The largest absolute Gasteiger partial charge is 0.394 e. The normalized spacial score (nSPS) is 11.5. The molecule has 0 unspecified atom stereocenters. The average Bonchev–Trinajstić information content (AvgIpc) is 2.16. The number of hydrogen-bond acceptors (Lipinski definition) is 2. The van der Waals surface area contributed by atoms with Crippen molar-refractivity contribution in [2.45, 2.75) is 19.4 Å². The minimum atomic E-state index is -0.381. The van der Waals surface area contributed by atoms with E-state index in [-0.39, 0.29) is 18.0 Å². The van der Waals surface area contributed by atoms with Gasteiger partial charge in [0.05, 0.1) is 12.1 Å². The molecule has 0 bridgehead atoms. The van der Waals surface area contributed by atoms with Crippen molar-refractivity contribution >= 4 is 5.69 Å². The number of halogens is 1. The van der Waals surface area contributed by atoms with Gasteiger partial charge in [0.15, 0.2) is 0 Å². The van der Waals surface area contributed by atoms with Crippen LogP contribution < -0.4 is 4.90 Å². The molecule has 0 radical (unpaired) electrons. The van der Waals surface area contributed by atoms with Crippen LogP contribution in [0.2, 0.25) is 0 Å². The standard InChI is InChI=1S/C11H16FNO/c1-11(2,8-14)13(3)10-6-4-5-9(12)7-10/h4-7,14H,8H2,1-3H3.